The summed E-state index contributed by atoms with van der Waals surface area (Å²) in [5.41, 5.74) is 2.10. The van der Waals surface area contributed by atoms with Gasteiger partial charge in [-0.2, -0.15) is 0 Å². The van der Waals surface area contributed by atoms with Gasteiger partial charge in [0.25, 0.3) is 0 Å². The fourth-order valence-corrected chi connectivity index (χ4v) is 1.85. The third kappa shape index (κ3) is 4.86. The minimum absolute atomic E-state index is 0.531. The molecular formula is C16H16ClNO. The topological polar surface area (TPSA) is 21.6 Å². The van der Waals surface area contributed by atoms with Crippen molar-refractivity contribution >= 4 is 16.8 Å². The lowest BCUT2D eigenvalue weighted by molar-refractivity contribution is 0.128. The number of hydrogen-bond donors (Lipinski definition) is 0. The smallest absolute Gasteiger partial charge is 0.130 e. The van der Waals surface area contributed by atoms with Gasteiger partial charge in [0.2, 0.25) is 0 Å². The van der Waals surface area contributed by atoms with Crippen molar-refractivity contribution in [3.05, 3.63) is 71.8 Å². The predicted octanol–water partition coefficient (Wildman–Crippen LogP) is 3.89. The van der Waals surface area contributed by atoms with E-state index in [0.29, 0.717) is 24.9 Å². The maximum Gasteiger partial charge on any atom is 0.130 e. The van der Waals surface area contributed by atoms with Crippen LogP contribution in [0.15, 0.2) is 65.7 Å². The Morgan fingerprint density at radius 2 is 1.58 bits per heavy atom. The van der Waals surface area contributed by atoms with E-state index in [-0.39, 0.29) is 0 Å². The average Bonchev–Trinajstić information content (AvgIpc) is 2.49. The van der Waals surface area contributed by atoms with Gasteiger partial charge in [-0.15, -0.1) is 0 Å². The molecule has 98 valence electrons. The van der Waals surface area contributed by atoms with Crippen LogP contribution in [0.3, 0.4) is 0 Å². The third-order valence-corrected chi connectivity index (χ3v) is 2.95. The monoisotopic (exact) mass is 273 g/mol. The van der Waals surface area contributed by atoms with Gasteiger partial charge in [-0.1, -0.05) is 72.3 Å². The minimum atomic E-state index is 0.531. The molecular weight excluding hydrogens is 258 g/mol. The largest absolute Gasteiger partial charge is 0.375 e. The predicted molar refractivity (Wildman–Crippen MR) is 79.8 cm³/mol. The molecule has 0 aliphatic rings. The van der Waals surface area contributed by atoms with Crippen molar-refractivity contribution in [3.63, 3.8) is 0 Å². The maximum absolute atomic E-state index is 6.10. The molecule has 0 radical (unpaired) electrons. The Labute approximate surface area is 118 Å². The Kier molecular flexibility index (Phi) is 5.60. The molecule has 0 amide bonds. The van der Waals surface area contributed by atoms with Crippen molar-refractivity contribution < 1.29 is 4.74 Å². The van der Waals surface area contributed by atoms with Gasteiger partial charge in [-0.3, -0.25) is 4.99 Å². The summed E-state index contributed by atoms with van der Waals surface area (Å²) in [4.78, 5) is 4.28. The Morgan fingerprint density at radius 1 is 0.947 bits per heavy atom. The first-order valence-corrected chi connectivity index (χ1v) is 6.61. The van der Waals surface area contributed by atoms with E-state index in [0.717, 1.165) is 5.56 Å². The van der Waals surface area contributed by atoms with E-state index in [9.17, 15) is 0 Å². The van der Waals surface area contributed by atoms with Crippen LogP contribution in [-0.4, -0.2) is 18.3 Å². The fourth-order valence-electron chi connectivity index (χ4n) is 1.64. The van der Waals surface area contributed by atoms with Gasteiger partial charge >= 0.3 is 0 Å². The van der Waals surface area contributed by atoms with Crippen LogP contribution >= 0.6 is 11.6 Å². The van der Waals surface area contributed by atoms with Crippen LogP contribution < -0.4 is 0 Å². The van der Waals surface area contributed by atoms with E-state index < -0.39 is 0 Å². The number of benzene rings is 2. The van der Waals surface area contributed by atoms with Crippen LogP contribution in [0.1, 0.15) is 11.1 Å². The molecule has 0 heterocycles. The van der Waals surface area contributed by atoms with Crippen molar-refractivity contribution in [2.24, 2.45) is 4.99 Å². The standard InChI is InChI=1S/C16H16ClNO/c17-16(15-9-5-2-6-10-15)18-11-12-19-13-14-7-3-1-4-8-14/h1-10H,11-13H2. The van der Waals surface area contributed by atoms with Crippen LogP contribution in [0, 0.1) is 0 Å². The summed E-state index contributed by atoms with van der Waals surface area (Å²) in [6.45, 7) is 1.75. The van der Waals surface area contributed by atoms with Gasteiger partial charge in [-0.25, -0.2) is 0 Å². The van der Waals surface area contributed by atoms with E-state index in [2.05, 4.69) is 4.99 Å². The molecule has 0 unspecified atom stereocenters. The van der Waals surface area contributed by atoms with E-state index in [1.807, 2.05) is 60.7 Å². The molecule has 2 aromatic rings. The van der Waals surface area contributed by atoms with Crippen molar-refractivity contribution in [2.45, 2.75) is 6.61 Å². The molecule has 0 fully saturated rings. The highest BCUT2D eigenvalue weighted by molar-refractivity contribution is 6.69. The highest BCUT2D eigenvalue weighted by atomic mass is 35.5. The van der Waals surface area contributed by atoms with Crippen molar-refractivity contribution in [2.75, 3.05) is 13.2 Å². The molecule has 0 bridgehead atoms. The van der Waals surface area contributed by atoms with Gasteiger partial charge in [0.1, 0.15) is 5.17 Å². The van der Waals surface area contributed by atoms with Crippen molar-refractivity contribution in [1.29, 1.82) is 0 Å². The third-order valence-electron chi connectivity index (χ3n) is 2.61. The first-order valence-electron chi connectivity index (χ1n) is 6.23. The fraction of sp³-hybridized carbons (Fsp3) is 0.188. The van der Waals surface area contributed by atoms with Gasteiger partial charge < -0.3 is 4.74 Å². The van der Waals surface area contributed by atoms with Crippen molar-refractivity contribution in [3.8, 4) is 0 Å². The Morgan fingerprint density at radius 3 is 2.26 bits per heavy atom. The quantitative estimate of drug-likeness (QED) is 0.578. The first kappa shape index (κ1) is 13.8. The van der Waals surface area contributed by atoms with Crippen LogP contribution in [-0.2, 0) is 11.3 Å². The van der Waals surface area contributed by atoms with Crippen LogP contribution in [0.5, 0.6) is 0 Å². The summed E-state index contributed by atoms with van der Waals surface area (Å²) in [7, 11) is 0. The molecule has 0 spiro atoms. The van der Waals surface area contributed by atoms with Crippen molar-refractivity contribution in [1.82, 2.24) is 0 Å². The average molecular weight is 274 g/mol. The lowest BCUT2D eigenvalue weighted by atomic mass is 10.2. The van der Waals surface area contributed by atoms with Crippen LogP contribution in [0.4, 0.5) is 0 Å². The lowest BCUT2D eigenvalue weighted by Gasteiger charge is -2.03. The lowest BCUT2D eigenvalue weighted by Crippen LogP contribution is -2.01. The van der Waals surface area contributed by atoms with Gasteiger partial charge in [0, 0.05) is 5.56 Å². The number of rotatable bonds is 6. The maximum atomic E-state index is 6.10. The number of ether oxygens (including phenoxy) is 1. The molecule has 2 rings (SSSR count). The first-order chi connectivity index (χ1) is 9.36. The van der Waals surface area contributed by atoms with Crippen LogP contribution in [0.2, 0.25) is 0 Å². The summed E-state index contributed by atoms with van der Waals surface area (Å²) < 4.78 is 5.54. The summed E-state index contributed by atoms with van der Waals surface area (Å²) in [6.07, 6.45) is 0. The van der Waals surface area contributed by atoms with Gasteiger partial charge in [-0.05, 0) is 5.56 Å². The molecule has 19 heavy (non-hydrogen) atoms. The number of halogens is 1. The molecule has 0 saturated heterocycles. The molecule has 0 atom stereocenters. The molecule has 0 N–H and O–H groups in total. The zero-order valence-electron chi connectivity index (χ0n) is 10.6. The Hall–Kier alpha value is -1.64. The minimum Gasteiger partial charge on any atom is -0.375 e. The summed E-state index contributed by atoms with van der Waals surface area (Å²) >= 11 is 6.10. The SMILES string of the molecule is ClC(=NCCOCc1ccccc1)c1ccccc1. The number of nitrogens with zero attached hydrogens (tertiary/aromatic N) is 1. The molecule has 2 aromatic carbocycles. The summed E-state index contributed by atoms with van der Waals surface area (Å²) in [5, 5.41) is 0.531. The number of hydrogen-bond acceptors (Lipinski definition) is 2. The Bertz CT molecular complexity index is 511. The summed E-state index contributed by atoms with van der Waals surface area (Å²) in [5.74, 6) is 0. The zero-order chi connectivity index (χ0) is 13.3. The molecule has 0 saturated carbocycles. The molecule has 3 heteroatoms. The second-order valence-electron chi connectivity index (χ2n) is 4.08. The molecule has 0 aliphatic heterocycles. The molecule has 2 nitrogen and oxygen atoms in total. The second-order valence-corrected chi connectivity index (χ2v) is 4.43. The van der Waals surface area contributed by atoms with Gasteiger partial charge in [0.05, 0.1) is 19.8 Å². The highest BCUT2D eigenvalue weighted by Gasteiger charge is 1.97. The van der Waals surface area contributed by atoms with E-state index in [4.69, 9.17) is 16.3 Å². The van der Waals surface area contributed by atoms with Gasteiger partial charge in [0.15, 0.2) is 0 Å². The molecule has 0 aromatic heterocycles. The van der Waals surface area contributed by atoms with Crippen LogP contribution in [0.25, 0.3) is 0 Å². The van der Waals surface area contributed by atoms with E-state index in [1.165, 1.54) is 5.56 Å². The second kappa shape index (κ2) is 7.72. The number of aliphatic imine (C=N–C) groups is 1. The zero-order valence-corrected chi connectivity index (χ0v) is 11.4. The van der Waals surface area contributed by atoms with E-state index >= 15 is 0 Å². The Balaban J connectivity index is 1.72. The molecule has 0 aliphatic carbocycles. The summed E-state index contributed by atoms with van der Waals surface area (Å²) in [6, 6.07) is 19.8. The normalized spacial score (nSPS) is 11.5. The highest BCUT2D eigenvalue weighted by Crippen LogP contribution is 2.05. The van der Waals surface area contributed by atoms with E-state index in [1.54, 1.807) is 0 Å².